The lowest BCUT2D eigenvalue weighted by atomic mass is 10.0. The van der Waals surface area contributed by atoms with Gasteiger partial charge in [0.25, 0.3) is 5.91 Å². The Labute approximate surface area is 147 Å². The van der Waals surface area contributed by atoms with E-state index in [2.05, 4.69) is 0 Å². The summed E-state index contributed by atoms with van der Waals surface area (Å²) in [6, 6.07) is 1.82. The molecule has 2 aliphatic heterocycles. The summed E-state index contributed by atoms with van der Waals surface area (Å²) in [7, 11) is 1.80. The highest BCUT2D eigenvalue weighted by atomic mass is 16.2. The molecule has 1 saturated heterocycles. The Hall–Kier alpha value is -2.31. The fraction of sp³-hybridized carbons (Fsp3) is 0.611. The van der Waals surface area contributed by atoms with Gasteiger partial charge in [-0.05, 0) is 38.8 Å². The van der Waals surface area contributed by atoms with Gasteiger partial charge in [-0.1, -0.05) is 0 Å². The molecule has 7 heteroatoms. The molecule has 136 valence electrons. The molecule has 1 aromatic rings. The van der Waals surface area contributed by atoms with Gasteiger partial charge in [-0.15, -0.1) is 0 Å². The van der Waals surface area contributed by atoms with E-state index in [1.54, 1.807) is 21.4 Å². The number of carbonyl (C=O) groups excluding carboxylic acids is 3. The van der Waals surface area contributed by atoms with Crippen molar-refractivity contribution in [1.29, 1.82) is 0 Å². The van der Waals surface area contributed by atoms with Gasteiger partial charge in [0.1, 0.15) is 5.69 Å². The normalized spacial score (nSPS) is 20.8. The second-order valence-electron chi connectivity index (χ2n) is 8.01. The summed E-state index contributed by atoms with van der Waals surface area (Å²) >= 11 is 0. The third kappa shape index (κ3) is 3.03. The van der Waals surface area contributed by atoms with Crippen LogP contribution in [0.1, 0.15) is 48.9 Å². The standard InChI is InChI=1S/C18H26N4O3/c1-18(2,3)22-9-12(8-15(22)23)17(25)21-6-5-11-7-13(16(19)24)20(4)14(11)10-21/h7,12H,5-6,8-10H2,1-4H3,(H2,19,24)/t12-/m1/s1. The number of carbonyl (C=O) groups is 3. The summed E-state index contributed by atoms with van der Waals surface area (Å²) in [4.78, 5) is 40.3. The van der Waals surface area contributed by atoms with Gasteiger partial charge >= 0.3 is 0 Å². The van der Waals surface area contributed by atoms with Gasteiger partial charge in [-0.25, -0.2) is 0 Å². The number of hydrogen-bond donors (Lipinski definition) is 1. The molecule has 0 unspecified atom stereocenters. The van der Waals surface area contributed by atoms with E-state index in [1.807, 2.05) is 26.8 Å². The van der Waals surface area contributed by atoms with Crippen LogP contribution >= 0.6 is 0 Å². The van der Waals surface area contributed by atoms with Crippen LogP contribution in [-0.2, 0) is 29.6 Å². The number of rotatable bonds is 2. The van der Waals surface area contributed by atoms with Crippen molar-refractivity contribution in [3.63, 3.8) is 0 Å². The number of aromatic nitrogens is 1. The van der Waals surface area contributed by atoms with E-state index in [-0.39, 0.29) is 29.7 Å². The molecule has 1 atom stereocenters. The average Bonchev–Trinajstić information content (AvgIpc) is 3.07. The van der Waals surface area contributed by atoms with Crippen LogP contribution in [0, 0.1) is 5.92 Å². The van der Waals surface area contributed by atoms with E-state index >= 15 is 0 Å². The van der Waals surface area contributed by atoms with Gasteiger partial charge in [0.15, 0.2) is 0 Å². The van der Waals surface area contributed by atoms with E-state index < -0.39 is 5.91 Å². The number of amides is 3. The first-order chi connectivity index (χ1) is 11.6. The van der Waals surface area contributed by atoms with Crippen LogP contribution in [0.4, 0.5) is 0 Å². The molecule has 25 heavy (non-hydrogen) atoms. The van der Waals surface area contributed by atoms with Gasteiger partial charge in [0.2, 0.25) is 11.8 Å². The molecule has 0 aromatic carbocycles. The molecule has 0 aliphatic carbocycles. The second-order valence-corrected chi connectivity index (χ2v) is 8.01. The minimum absolute atomic E-state index is 0.0209. The lowest BCUT2D eigenvalue weighted by molar-refractivity contribution is -0.136. The minimum Gasteiger partial charge on any atom is -0.364 e. The molecule has 1 aromatic heterocycles. The zero-order chi connectivity index (χ0) is 18.5. The predicted octanol–water partition coefficient (Wildman–Crippen LogP) is 0.656. The highest BCUT2D eigenvalue weighted by molar-refractivity contribution is 5.92. The number of fused-ring (bicyclic) bond motifs is 1. The molecular weight excluding hydrogens is 320 g/mol. The molecule has 2 aliphatic rings. The lowest BCUT2D eigenvalue weighted by Gasteiger charge is -2.33. The van der Waals surface area contributed by atoms with E-state index in [4.69, 9.17) is 5.73 Å². The third-order valence-corrected chi connectivity index (χ3v) is 5.29. The fourth-order valence-corrected chi connectivity index (χ4v) is 3.85. The van der Waals surface area contributed by atoms with E-state index in [1.165, 1.54) is 0 Å². The smallest absolute Gasteiger partial charge is 0.265 e. The van der Waals surface area contributed by atoms with Gasteiger partial charge < -0.3 is 20.1 Å². The maximum atomic E-state index is 12.9. The van der Waals surface area contributed by atoms with Crippen LogP contribution in [0.5, 0.6) is 0 Å². The third-order valence-electron chi connectivity index (χ3n) is 5.29. The maximum absolute atomic E-state index is 12.9. The molecule has 2 N–H and O–H groups in total. The molecule has 0 radical (unpaired) electrons. The zero-order valence-electron chi connectivity index (χ0n) is 15.3. The Morgan fingerprint density at radius 1 is 1.28 bits per heavy atom. The zero-order valence-corrected chi connectivity index (χ0v) is 15.3. The van der Waals surface area contributed by atoms with Crippen LogP contribution in [0.3, 0.4) is 0 Å². The second kappa shape index (κ2) is 5.89. The molecule has 1 fully saturated rings. The number of nitrogens with two attached hydrogens (primary N) is 1. The van der Waals surface area contributed by atoms with E-state index in [0.29, 0.717) is 31.7 Å². The first-order valence-corrected chi connectivity index (χ1v) is 8.66. The van der Waals surface area contributed by atoms with Crippen LogP contribution in [0.15, 0.2) is 6.07 Å². The summed E-state index contributed by atoms with van der Waals surface area (Å²) in [5.41, 5.74) is 7.63. The summed E-state index contributed by atoms with van der Waals surface area (Å²) in [5.74, 6) is -0.688. The van der Waals surface area contributed by atoms with Crippen LogP contribution in [0.2, 0.25) is 0 Å². The molecule has 0 spiro atoms. The Kier molecular flexibility index (Phi) is 4.13. The van der Waals surface area contributed by atoms with Crippen LogP contribution < -0.4 is 5.73 Å². The van der Waals surface area contributed by atoms with Crippen LogP contribution in [-0.4, -0.2) is 50.7 Å². The van der Waals surface area contributed by atoms with E-state index in [0.717, 1.165) is 11.3 Å². The van der Waals surface area contributed by atoms with Crippen molar-refractivity contribution in [3.8, 4) is 0 Å². The number of likely N-dealkylation sites (tertiary alicyclic amines) is 1. The lowest BCUT2D eigenvalue weighted by Crippen LogP contribution is -2.44. The summed E-state index contributed by atoms with van der Waals surface area (Å²) in [6.07, 6.45) is 0.977. The minimum atomic E-state index is -0.461. The van der Waals surface area contributed by atoms with Gasteiger partial charge in [-0.2, -0.15) is 0 Å². The first kappa shape index (κ1) is 17.5. The first-order valence-electron chi connectivity index (χ1n) is 8.66. The largest absolute Gasteiger partial charge is 0.364 e. The van der Waals surface area contributed by atoms with Crippen molar-refractivity contribution in [2.24, 2.45) is 18.7 Å². The van der Waals surface area contributed by atoms with Gasteiger partial charge in [-0.3, -0.25) is 14.4 Å². The maximum Gasteiger partial charge on any atom is 0.265 e. The van der Waals surface area contributed by atoms with Crippen molar-refractivity contribution < 1.29 is 14.4 Å². The average molecular weight is 346 g/mol. The Morgan fingerprint density at radius 3 is 2.52 bits per heavy atom. The highest BCUT2D eigenvalue weighted by Crippen LogP contribution is 2.29. The molecule has 0 bridgehead atoms. The molecule has 7 nitrogen and oxygen atoms in total. The van der Waals surface area contributed by atoms with Crippen molar-refractivity contribution in [2.75, 3.05) is 13.1 Å². The molecule has 0 saturated carbocycles. The summed E-state index contributed by atoms with van der Waals surface area (Å²) in [5, 5.41) is 0. The number of nitrogens with zero attached hydrogens (tertiary/aromatic N) is 3. The SMILES string of the molecule is Cn1c(C(N)=O)cc2c1CN(C(=O)[C@@H]1CC(=O)N(C(C)(C)C)C1)CC2. The fourth-order valence-electron chi connectivity index (χ4n) is 3.85. The summed E-state index contributed by atoms with van der Waals surface area (Å²) < 4.78 is 1.78. The van der Waals surface area contributed by atoms with Crippen molar-refractivity contribution in [2.45, 2.75) is 45.7 Å². The van der Waals surface area contributed by atoms with Crippen molar-refractivity contribution >= 4 is 17.7 Å². The predicted molar refractivity (Wildman–Crippen MR) is 92.6 cm³/mol. The summed E-state index contributed by atoms with van der Waals surface area (Å²) in [6.45, 7) is 7.50. The number of primary amides is 1. The quantitative estimate of drug-likeness (QED) is 0.853. The van der Waals surface area contributed by atoms with Crippen LogP contribution in [0.25, 0.3) is 0 Å². The van der Waals surface area contributed by atoms with Gasteiger partial charge in [0.05, 0.1) is 12.5 Å². The van der Waals surface area contributed by atoms with Gasteiger partial charge in [0, 0.05) is 37.8 Å². The molecule has 3 heterocycles. The Morgan fingerprint density at radius 2 is 1.96 bits per heavy atom. The van der Waals surface area contributed by atoms with E-state index in [9.17, 15) is 14.4 Å². The highest BCUT2D eigenvalue weighted by Gasteiger charge is 2.41. The molecule has 3 rings (SSSR count). The molecular formula is C18H26N4O3. The topological polar surface area (TPSA) is 88.6 Å². The monoisotopic (exact) mass is 346 g/mol. The van der Waals surface area contributed by atoms with Crippen molar-refractivity contribution in [3.05, 3.63) is 23.0 Å². The van der Waals surface area contributed by atoms with Crippen molar-refractivity contribution in [1.82, 2.24) is 14.4 Å². The molecule has 3 amide bonds. The Balaban J connectivity index is 1.75. The number of hydrogen-bond acceptors (Lipinski definition) is 3. The Bertz CT molecular complexity index is 744.